The van der Waals surface area contributed by atoms with Crippen LogP contribution in [-0.2, 0) is 6.61 Å². The maximum Gasteiger partial charge on any atom is 0.137 e. The van der Waals surface area contributed by atoms with E-state index in [4.69, 9.17) is 4.74 Å². The third kappa shape index (κ3) is 3.30. The van der Waals surface area contributed by atoms with Crippen molar-refractivity contribution in [1.29, 1.82) is 0 Å². The molecule has 17 heavy (non-hydrogen) atoms. The zero-order valence-electron chi connectivity index (χ0n) is 9.41. The predicted molar refractivity (Wildman–Crippen MR) is 69.6 cm³/mol. The van der Waals surface area contributed by atoms with E-state index in [1.54, 1.807) is 12.1 Å². The van der Waals surface area contributed by atoms with Crippen molar-refractivity contribution in [2.45, 2.75) is 13.5 Å². The molecule has 1 nitrogen and oxygen atoms in total. The van der Waals surface area contributed by atoms with Crippen LogP contribution in [0.1, 0.15) is 11.1 Å². The van der Waals surface area contributed by atoms with Gasteiger partial charge in [-0.3, -0.25) is 0 Å². The van der Waals surface area contributed by atoms with Crippen LogP contribution >= 0.6 is 15.9 Å². The Morgan fingerprint density at radius 3 is 2.71 bits per heavy atom. The lowest BCUT2D eigenvalue weighted by atomic mass is 10.2. The molecule has 0 aliphatic heterocycles. The van der Waals surface area contributed by atoms with Crippen LogP contribution in [0.25, 0.3) is 0 Å². The van der Waals surface area contributed by atoms with Gasteiger partial charge in [0.1, 0.15) is 18.2 Å². The fourth-order valence-electron chi connectivity index (χ4n) is 1.50. The molecule has 2 rings (SSSR count). The maximum absolute atomic E-state index is 13.0. The Morgan fingerprint density at radius 2 is 2.00 bits per heavy atom. The van der Waals surface area contributed by atoms with Gasteiger partial charge in [0.15, 0.2) is 0 Å². The molecule has 3 heteroatoms. The molecule has 2 aromatic rings. The van der Waals surface area contributed by atoms with Crippen molar-refractivity contribution >= 4 is 15.9 Å². The first-order valence-corrected chi connectivity index (χ1v) is 6.08. The van der Waals surface area contributed by atoms with Crippen molar-refractivity contribution in [1.82, 2.24) is 0 Å². The summed E-state index contributed by atoms with van der Waals surface area (Å²) in [5.74, 6) is 0.565. The Labute approximate surface area is 108 Å². The second-order valence-electron chi connectivity index (χ2n) is 3.85. The third-order valence-corrected chi connectivity index (χ3v) is 2.99. The number of hydrogen-bond donors (Lipinski definition) is 0. The minimum atomic E-state index is -0.260. The van der Waals surface area contributed by atoms with E-state index in [1.807, 2.05) is 31.2 Å². The maximum atomic E-state index is 13.0. The molecule has 0 saturated carbocycles. The van der Waals surface area contributed by atoms with Gasteiger partial charge in [0.2, 0.25) is 0 Å². The van der Waals surface area contributed by atoms with Gasteiger partial charge in [-0.25, -0.2) is 4.39 Å². The molecule has 0 atom stereocenters. The van der Waals surface area contributed by atoms with Crippen molar-refractivity contribution in [2.24, 2.45) is 0 Å². The fourth-order valence-corrected chi connectivity index (χ4v) is 1.93. The van der Waals surface area contributed by atoms with Crippen molar-refractivity contribution in [3.05, 3.63) is 63.9 Å². The summed E-state index contributed by atoms with van der Waals surface area (Å²) in [6.07, 6.45) is 0. The van der Waals surface area contributed by atoms with E-state index in [0.717, 1.165) is 16.9 Å². The number of aryl methyl sites for hydroxylation is 1. The Kier molecular flexibility index (Phi) is 3.79. The molecule has 0 fully saturated rings. The van der Waals surface area contributed by atoms with Crippen molar-refractivity contribution in [3.8, 4) is 5.75 Å². The van der Waals surface area contributed by atoms with E-state index >= 15 is 0 Å². The molecule has 0 heterocycles. The molecule has 0 amide bonds. The molecule has 0 aliphatic rings. The predicted octanol–water partition coefficient (Wildman–Crippen LogP) is 4.48. The first kappa shape index (κ1) is 12.1. The zero-order valence-corrected chi connectivity index (χ0v) is 11.0. The Hall–Kier alpha value is -1.35. The highest BCUT2D eigenvalue weighted by Crippen LogP contribution is 2.19. The van der Waals surface area contributed by atoms with Crippen LogP contribution in [0.4, 0.5) is 4.39 Å². The van der Waals surface area contributed by atoms with E-state index in [9.17, 15) is 4.39 Å². The second kappa shape index (κ2) is 5.32. The SMILES string of the molecule is Cc1cccc(OCc2ccc(F)c(Br)c2)c1. The third-order valence-electron chi connectivity index (χ3n) is 2.38. The average Bonchev–Trinajstić information content (AvgIpc) is 2.31. The van der Waals surface area contributed by atoms with Crippen LogP contribution in [0.15, 0.2) is 46.9 Å². The first-order chi connectivity index (χ1) is 8.15. The van der Waals surface area contributed by atoms with Gasteiger partial charge in [0, 0.05) is 0 Å². The lowest BCUT2D eigenvalue weighted by Crippen LogP contribution is -1.96. The molecule has 0 bridgehead atoms. The molecular formula is C14H12BrFO. The number of rotatable bonds is 3. The Morgan fingerprint density at radius 1 is 1.18 bits per heavy atom. The van der Waals surface area contributed by atoms with Gasteiger partial charge in [-0.1, -0.05) is 18.2 Å². The Balaban J connectivity index is 2.05. The molecule has 0 aromatic heterocycles. The van der Waals surface area contributed by atoms with Crippen molar-refractivity contribution in [2.75, 3.05) is 0 Å². The van der Waals surface area contributed by atoms with Crippen LogP contribution in [0.3, 0.4) is 0 Å². The fraction of sp³-hybridized carbons (Fsp3) is 0.143. The van der Waals surface area contributed by atoms with Crippen molar-refractivity contribution in [3.63, 3.8) is 0 Å². The molecule has 0 aliphatic carbocycles. The average molecular weight is 295 g/mol. The lowest BCUT2D eigenvalue weighted by molar-refractivity contribution is 0.306. The summed E-state index contributed by atoms with van der Waals surface area (Å²) in [7, 11) is 0. The largest absolute Gasteiger partial charge is 0.489 e. The number of ether oxygens (including phenoxy) is 1. The normalized spacial score (nSPS) is 10.3. The zero-order chi connectivity index (χ0) is 12.3. The molecule has 0 saturated heterocycles. The molecule has 0 radical (unpaired) electrons. The monoisotopic (exact) mass is 294 g/mol. The van der Waals surface area contributed by atoms with Crippen LogP contribution in [0.2, 0.25) is 0 Å². The molecule has 2 aromatic carbocycles. The van der Waals surface area contributed by atoms with Gasteiger partial charge in [0.25, 0.3) is 0 Å². The highest BCUT2D eigenvalue weighted by molar-refractivity contribution is 9.10. The van der Waals surface area contributed by atoms with E-state index < -0.39 is 0 Å². The van der Waals surface area contributed by atoms with E-state index in [2.05, 4.69) is 15.9 Å². The van der Waals surface area contributed by atoms with Crippen molar-refractivity contribution < 1.29 is 9.13 Å². The highest BCUT2D eigenvalue weighted by Gasteiger charge is 2.01. The highest BCUT2D eigenvalue weighted by atomic mass is 79.9. The quantitative estimate of drug-likeness (QED) is 0.811. The number of halogens is 2. The van der Waals surface area contributed by atoms with E-state index in [1.165, 1.54) is 6.07 Å². The number of hydrogen-bond acceptors (Lipinski definition) is 1. The van der Waals surface area contributed by atoms with Crippen LogP contribution in [-0.4, -0.2) is 0 Å². The molecule has 0 unspecified atom stereocenters. The summed E-state index contributed by atoms with van der Waals surface area (Å²) in [5.41, 5.74) is 2.09. The van der Waals surface area contributed by atoms with Crippen LogP contribution < -0.4 is 4.74 Å². The summed E-state index contributed by atoms with van der Waals surface area (Å²) >= 11 is 3.15. The standard InChI is InChI=1S/C14H12BrFO/c1-10-3-2-4-12(7-10)17-9-11-5-6-14(16)13(15)8-11/h2-8H,9H2,1H3. The van der Waals surface area contributed by atoms with Gasteiger partial charge in [0.05, 0.1) is 4.47 Å². The van der Waals surface area contributed by atoms with Crippen LogP contribution in [0.5, 0.6) is 5.75 Å². The summed E-state index contributed by atoms with van der Waals surface area (Å²) in [5, 5.41) is 0. The second-order valence-corrected chi connectivity index (χ2v) is 4.71. The van der Waals surface area contributed by atoms with Gasteiger partial charge >= 0.3 is 0 Å². The number of benzene rings is 2. The lowest BCUT2D eigenvalue weighted by Gasteiger charge is -2.07. The minimum Gasteiger partial charge on any atom is -0.489 e. The van der Waals surface area contributed by atoms with Gasteiger partial charge in [-0.15, -0.1) is 0 Å². The summed E-state index contributed by atoms with van der Waals surface area (Å²) in [6, 6.07) is 12.7. The topological polar surface area (TPSA) is 9.23 Å². The summed E-state index contributed by atoms with van der Waals surface area (Å²) < 4.78 is 19.1. The van der Waals surface area contributed by atoms with E-state index in [-0.39, 0.29) is 5.82 Å². The molecule has 88 valence electrons. The molecule has 0 N–H and O–H groups in total. The smallest absolute Gasteiger partial charge is 0.137 e. The van der Waals surface area contributed by atoms with E-state index in [0.29, 0.717) is 11.1 Å². The molecular weight excluding hydrogens is 283 g/mol. The molecule has 0 spiro atoms. The Bertz CT molecular complexity index is 525. The van der Waals surface area contributed by atoms with Gasteiger partial charge in [-0.2, -0.15) is 0 Å². The van der Waals surface area contributed by atoms with Gasteiger partial charge < -0.3 is 4.74 Å². The first-order valence-electron chi connectivity index (χ1n) is 5.28. The summed E-state index contributed by atoms with van der Waals surface area (Å²) in [6.45, 7) is 2.45. The summed E-state index contributed by atoms with van der Waals surface area (Å²) in [4.78, 5) is 0. The van der Waals surface area contributed by atoms with Gasteiger partial charge in [-0.05, 0) is 58.2 Å². The minimum absolute atomic E-state index is 0.260. The van der Waals surface area contributed by atoms with Crippen LogP contribution in [0, 0.1) is 12.7 Å².